The zero-order valence-electron chi connectivity index (χ0n) is 12.5. The molecule has 1 aliphatic rings. The Kier molecular flexibility index (Phi) is 5.48. The van der Waals surface area contributed by atoms with Gasteiger partial charge in [0.05, 0.1) is 6.54 Å². The molecule has 8 heteroatoms. The van der Waals surface area contributed by atoms with Crippen LogP contribution in [0, 0.1) is 0 Å². The molecule has 0 radical (unpaired) electrons. The topological polar surface area (TPSA) is 74.6 Å². The third-order valence-corrected chi connectivity index (χ3v) is 6.01. The molecule has 1 atom stereocenters. The molecule has 1 aromatic rings. The van der Waals surface area contributed by atoms with Crippen molar-refractivity contribution in [2.45, 2.75) is 43.3 Å². The number of hydrogen-bond acceptors (Lipinski definition) is 5. The first-order valence-corrected chi connectivity index (χ1v) is 9.27. The summed E-state index contributed by atoms with van der Waals surface area (Å²) < 4.78 is 32.9. The summed E-state index contributed by atoms with van der Waals surface area (Å²) in [5.74, 6) is 0.577. The number of sulfonamides is 1. The zero-order valence-corrected chi connectivity index (χ0v) is 14.9. The van der Waals surface area contributed by atoms with Crippen LogP contribution < -0.4 is 10.0 Å². The van der Waals surface area contributed by atoms with Crippen molar-refractivity contribution in [1.82, 2.24) is 14.9 Å². The molecule has 0 amide bonds. The van der Waals surface area contributed by atoms with Crippen LogP contribution in [0.25, 0.3) is 0 Å². The predicted molar refractivity (Wildman–Crippen MR) is 84.6 cm³/mol. The van der Waals surface area contributed by atoms with E-state index in [4.69, 9.17) is 4.42 Å². The highest BCUT2D eigenvalue weighted by Crippen LogP contribution is 2.28. The molecule has 6 nitrogen and oxygen atoms in total. The summed E-state index contributed by atoms with van der Waals surface area (Å²) in [6.07, 6.45) is 2.41. The molecule has 21 heavy (non-hydrogen) atoms. The summed E-state index contributed by atoms with van der Waals surface area (Å²) in [7, 11) is 0.246. The Labute approximate surface area is 134 Å². The van der Waals surface area contributed by atoms with Crippen molar-refractivity contribution >= 4 is 26.0 Å². The molecule has 0 saturated heterocycles. The van der Waals surface area contributed by atoms with Crippen molar-refractivity contribution in [2.75, 3.05) is 20.6 Å². The maximum Gasteiger partial charge on any atom is 0.245 e. The van der Waals surface area contributed by atoms with Crippen molar-refractivity contribution in [3.8, 4) is 0 Å². The van der Waals surface area contributed by atoms with Gasteiger partial charge in [0.25, 0.3) is 0 Å². The molecule has 2 rings (SSSR count). The van der Waals surface area contributed by atoms with Gasteiger partial charge in [0.1, 0.15) is 10.7 Å². The van der Waals surface area contributed by atoms with Crippen molar-refractivity contribution in [3.05, 3.63) is 16.5 Å². The number of nitrogens with zero attached hydrogens (tertiary/aromatic N) is 1. The fourth-order valence-corrected chi connectivity index (χ4v) is 4.25. The van der Waals surface area contributed by atoms with Crippen LogP contribution in [-0.4, -0.2) is 46.0 Å². The van der Waals surface area contributed by atoms with E-state index in [2.05, 4.69) is 30.9 Å². The van der Waals surface area contributed by atoms with Gasteiger partial charge in [0, 0.05) is 24.7 Å². The van der Waals surface area contributed by atoms with Gasteiger partial charge < -0.3 is 9.73 Å². The van der Waals surface area contributed by atoms with Crippen LogP contribution in [-0.2, 0) is 16.6 Å². The first kappa shape index (κ1) is 17.0. The van der Waals surface area contributed by atoms with Gasteiger partial charge in [-0.1, -0.05) is 0 Å². The summed E-state index contributed by atoms with van der Waals surface area (Å²) in [5, 5.41) is 2.92. The minimum atomic E-state index is -3.57. The number of hydrogen-bond donors (Lipinski definition) is 2. The Bertz CT molecular complexity index is 583. The van der Waals surface area contributed by atoms with Gasteiger partial charge in [-0.2, -0.15) is 0 Å². The minimum absolute atomic E-state index is 0.147. The van der Waals surface area contributed by atoms with Gasteiger partial charge in [-0.05, 0) is 49.8 Å². The van der Waals surface area contributed by atoms with E-state index in [1.807, 2.05) is 14.0 Å². The lowest BCUT2D eigenvalue weighted by atomic mass is 10.3. The molecule has 1 unspecified atom stereocenters. The molecule has 1 fully saturated rings. The molecule has 2 N–H and O–H groups in total. The van der Waals surface area contributed by atoms with E-state index in [9.17, 15) is 8.42 Å². The molecule has 120 valence electrons. The molecule has 0 aromatic carbocycles. The summed E-state index contributed by atoms with van der Waals surface area (Å²) in [5.41, 5.74) is 0. The van der Waals surface area contributed by atoms with Gasteiger partial charge >= 0.3 is 0 Å². The maximum atomic E-state index is 12.3. The number of rotatable bonds is 8. The van der Waals surface area contributed by atoms with Crippen molar-refractivity contribution < 1.29 is 12.8 Å². The first-order chi connectivity index (χ1) is 9.85. The Hall–Kier alpha value is -0.410. The van der Waals surface area contributed by atoms with Gasteiger partial charge in [-0.15, -0.1) is 0 Å². The van der Waals surface area contributed by atoms with Gasteiger partial charge in [0.15, 0.2) is 4.67 Å². The third kappa shape index (κ3) is 4.29. The third-order valence-electron chi connectivity index (χ3n) is 3.73. The van der Waals surface area contributed by atoms with E-state index in [-0.39, 0.29) is 15.6 Å². The maximum absolute atomic E-state index is 12.3. The highest BCUT2D eigenvalue weighted by Gasteiger charge is 2.30. The summed E-state index contributed by atoms with van der Waals surface area (Å²) in [6, 6.07) is 2.31. The SMILES string of the molecule is CNCc1cc(S(=O)(=O)NCC(C)N(C)C2CC2)c(Br)o1. The van der Waals surface area contributed by atoms with Crippen molar-refractivity contribution in [1.29, 1.82) is 0 Å². The molecule has 1 aromatic heterocycles. The zero-order chi connectivity index (χ0) is 15.6. The fourth-order valence-electron chi connectivity index (χ4n) is 2.14. The van der Waals surface area contributed by atoms with Gasteiger partial charge in [0.2, 0.25) is 10.0 Å². The lowest BCUT2D eigenvalue weighted by Crippen LogP contribution is -2.41. The Morgan fingerprint density at radius 1 is 1.52 bits per heavy atom. The molecular formula is C13H22BrN3O3S. The smallest absolute Gasteiger partial charge is 0.245 e. The standard InChI is InChI=1S/C13H22BrN3O3S/c1-9(17(3)10-4-5-10)7-16-21(18,19)12-6-11(8-15-2)20-13(12)14/h6,9-10,15-16H,4-5,7-8H2,1-3H3. The normalized spacial score (nSPS) is 17.4. The van der Waals surface area contributed by atoms with Crippen LogP contribution in [0.2, 0.25) is 0 Å². The predicted octanol–water partition coefficient (Wildman–Crippen LogP) is 1.52. The second-order valence-corrected chi connectivity index (χ2v) is 7.93. The number of likely N-dealkylation sites (N-methyl/N-ethyl adjacent to an activating group) is 1. The molecular weight excluding hydrogens is 358 g/mol. The summed E-state index contributed by atoms with van der Waals surface area (Å²) >= 11 is 3.17. The lowest BCUT2D eigenvalue weighted by Gasteiger charge is -2.24. The second-order valence-electron chi connectivity index (χ2n) is 5.48. The first-order valence-electron chi connectivity index (χ1n) is 6.99. The summed E-state index contributed by atoms with van der Waals surface area (Å²) in [4.78, 5) is 2.37. The molecule has 0 bridgehead atoms. The van der Waals surface area contributed by atoms with Crippen LogP contribution in [0.4, 0.5) is 0 Å². The van der Waals surface area contributed by atoms with Crippen LogP contribution in [0.3, 0.4) is 0 Å². The van der Waals surface area contributed by atoms with E-state index >= 15 is 0 Å². The number of nitrogens with one attached hydrogen (secondary N) is 2. The number of halogens is 1. The second kappa shape index (κ2) is 6.78. The molecule has 1 heterocycles. The van der Waals surface area contributed by atoms with Crippen LogP contribution in [0.5, 0.6) is 0 Å². The minimum Gasteiger partial charge on any atom is -0.452 e. The highest BCUT2D eigenvalue weighted by atomic mass is 79.9. The Balaban J connectivity index is 2.00. The van der Waals surface area contributed by atoms with E-state index in [1.165, 1.54) is 18.9 Å². The van der Waals surface area contributed by atoms with E-state index < -0.39 is 10.0 Å². The largest absolute Gasteiger partial charge is 0.452 e. The van der Waals surface area contributed by atoms with Crippen molar-refractivity contribution in [3.63, 3.8) is 0 Å². The number of furan rings is 1. The average Bonchev–Trinajstić information content (AvgIpc) is 3.20. The van der Waals surface area contributed by atoms with Gasteiger partial charge in [-0.25, -0.2) is 13.1 Å². The molecule has 0 spiro atoms. The Morgan fingerprint density at radius 3 is 2.76 bits per heavy atom. The molecule has 1 saturated carbocycles. The Morgan fingerprint density at radius 2 is 2.19 bits per heavy atom. The molecule has 1 aliphatic carbocycles. The quantitative estimate of drug-likeness (QED) is 0.716. The lowest BCUT2D eigenvalue weighted by molar-refractivity contribution is 0.248. The average molecular weight is 380 g/mol. The van der Waals surface area contributed by atoms with E-state index in [0.717, 1.165) is 0 Å². The van der Waals surface area contributed by atoms with Crippen LogP contribution in [0.15, 0.2) is 20.0 Å². The summed E-state index contributed by atoms with van der Waals surface area (Å²) in [6.45, 7) is 2.89. The van der Waals surface area contributed by atoms with E-state index in [1.54, 1.807) is 7.05 Å². The molecule has 0 aliphatic heterocycles. The van der Waals surface area contributed by atoms with Gasteiger partial charge in [-0.3, -0.25) is 4.90 Å². The fraction of sp³-hybridized carbons (Fsp3) is 0.692. The van der Waals surface area contributed by atoms with Crippen molar-refractivity contribution in [2.24, 2.45) is 0 Å². The van der Waals surface area contributed by atoms with E-state index in [0.29, 0.717) is 24.9 Å². The highest BCUT2D eigenvalue weighted by molar-refractivity contribution is 9.10. The van der Waals surface area contributed by atoms with Crippen LogP contribution in [0.1, 0.15) is 25.5 Å². The monoisotopic (exact) mass is 379 g/mol. The van der Waals surface area contributed by atoms with Crippen LogP contribution >= 0.6 is 15.9 Å².